The monoisotopic (exact) mass is 404 g/mol. The third-order valence-electron chi connectivity index (χ3n) is 2.14. The molecule has 4 heteroatoms. The topological polar surface area (TPSA) is 0 Å². The van der Waals surface area contributed by atoms with E-state index in [1.807, 2.05) is 3.37 Å². The molecule has 14 heavy (non-hydrogen) atoms. The van der Waals surface area contributed by atoms with E-state index < -0.39 is 0 Å². The summed E-state index contributed by atoms with van der Waals surface area (Å²) in [5.74, 6) is 0. The van der Waals surface area contributed by atoms with Crippen LogP contribution in [0.3, 0.4) is 0 Å². The van der Waals surface area contributed by atoms with Gasteiger partial charge in [-0.05, 0) is 0 Å². The average Bonchev–Trinajstić information content (AvgIpc) is 2.60. The average molecular weight is 401 g/mol. The molecule has 0 spiro atoms. The molecule has 2 aliphatic rings. The third-order valence-corrected chi connectivity index (χ3v) is 15.1. The molecule has 76 valence electrons. The maximum atomic E-state index is 2.32. The molecule has 0 unspecified atom stereocenters. The van der Waals surface area contributed by atoms with Gasteiger partial charge in [0.1, 0.15) is 0 Å². The van der Waals surface area contributed by atoms with Crippen LogP contribution < -0.4 is 0 Å². The van der Waals surface area contributed by atoms with E-state index in [0.717, 1.165) is 0 Å². The maximum absolute atomic E-state index is 2.32. The van der Waals surface area contributed by atoms with Crippen LogP contribution in [0.15, 0.2) is 25.5 Å². The normalized spacial score (nSPS) is 23.1. The van der Waals surface area contributed by atoms with Crippen molar-refractivity contribution < 1.29 is 0 Å². The molecule has 2 heterocycles. The summed E-state index contributed by atoms with van der Waals surface area (Å²) in [7, 11) is 0. The summed E-state index contributed by atoms with van der Waals surface area (Å²) in [6, 6.07) is 0. The standard InChI is InChI=1S/C10H12SSe3/c1-5-6(2)12-9(11-5)10-13-7(3)8(4)14-10/h1-4H3. The predicted octanol–water partition coefficient (Wildman–Crippen LogP) is 2.49. The van der Waals surface area contributed by atoms with Crippen LogP contribution >= 0.6 is 11.8 Å². The molecule has 0 amide bonds. The van der Waals surface area contributed by atoms with E-state index in [1.165, 1.54) is 0 Å². The molecule has 2 aliphatic heterocycles. The Balaban J connectivity index is 2.17. The van der Waals surface area contributed by atoms with Crippen LogP contribution in [-0.4, -0.2) is 44.9 Å². The van der Waals surface area contributed by atoms with Crippen molar-refractivity contribution in [2.24, 2.45) is 0 Å². The molecule has 0 nitrogen and oxygen atoms in total. The van der Waals surface area contributed by atoms with Crippen LogP contribution in [0.1, 0.15) is 27.7 Å². The molecule has 0 aliphatic carbocycles. The zero-order chi connectivity index (χ0) is 10.3. The van der Waals surface area contributed by atoms with Gasteiger partial charge in [0.25, 0.3) is 0 Å². The molecule has 0 aromatic rings. The van der Waals surface area contributed by atoms with Crippen molar-refractivity contribution in [3.8, 4) is 0 Å². The van der Waals surface area contributed by atoms with Crippen molar-refractivity contribution in [3.05, 3.63) is 25.5 Å². The second-order valence-corrected chi connectivity index (χ2v) is 14.0. The van der Waals surface area contributed by atoms with E-state index in [0.29, 0.717) is 44.9 Å². The molecular weight excluding hydrogens is 389 g/mol. The number of hydrogen-bond acceptors (Lipinski definition) is 1. The van der Waals surface area contributed by atoms with Gasteiger partial charge in [-0.3, -0.25) is 0 Å². The van der Waals surface area contributed by atoms with Gasteiger partial charge < -0.3 is 0 Å². The summed E-state index contributed by atoms with van der Waals surface area (Å²) in [6.45, 7) is 9.23. The minimum atomic E-state index is 0.679. The summed E-state index contributed by atoms with van der Waals surface area (Å²) >= 11 is 4.16. The van der Waals surface area contributed by atoms with E-state index in [4.69, 9.17) is 0 Å². The van der Waals surface area contributed by atoms with E-state index in [2.05, 4.69) is 39.5 Å². The molecule has 0 fully saturated rings. The van der Waals surface area contributed by atoms with Gasteiger partial charge in [-0.2, -0.15) is 0 Å². The Morgan fingerprint density at radius 3 is 1.79 bits per heavy atom. The first kappa shape index (κ1) is 11.6. The zero-order valence-electron chi connectivity index (χ0n) is 8.63. The molecule has 0 aromatic carbocycles. The molecule has 0 N–H and O–H groups in total. The number of rotatable bonds is 0. The molecule has 0 saturated heterocycles. The number of allylic oxidation sites excluding steroid dienone is 4. The summed E-state index contributed by atoms with van der Waals surface area (Å²) in [6.07, 6.45) is 0. The zero-order valence-corrected chi connectivity index (χ0v) is 14.6. The molecule has 0 bridgehead atoms. The van der Waals surface area contributed by atoms with Crippen LogP contribution in [-0.2, 0) is 0 Å². The minimum absolute atomic E-state index is 0.679. The third kappa shape index (κ3) is 2.28. The van der Waals surface area contributed by atoms with Crippen molar-refractivity contribution in [2.45, 2.75) is 27.7 Å². The van der Waals surface area contributed by atoms with Gasteiger partial charge in [0.15, 0.2) is 0 Å². The second-order valence-electron chi connectivity index (χ2n) is 3.21. The van der Waals surface area contributed by atoms with Crippen molar-refractivity contribution in [3.63, 3.8) is 0 Å². The molecular formula is C10H12SSe3. The van der Waals surface area contributed by atoms with Crippen LogP contribution in [0.25, 0.3) is 0 Å². The Labute approximate surface area is 109 Å². The van der Waals surface area contributed by atoms with Crippen LogP contribution in [0, 0.1) is 0 Å². The summed E-state index contributed by atoms with van der Waals surface area (Å²) in [5.41, 5.74) is 0. The molecule has 0 atom stereocenters. The van der Waals surface area contributed by atoms with Gasteiger partial charge >= 0.3 is 110 Å². The fourth-order valence-corrected chi connectivity index (χ4v) is 13.9. The first-order chi connectivity index (χ1) is 6.58. The fraction of sp³-hybridized carbons (Fsp3) is 0.400. The summed E-state index contributed by atoms with van der Waals surface area (Å²) in [5, 5.41) is 0. The van der Waals surface area contributed by atoms with Gasteiger partial charge in [0, 0.05) is 0 Å². The van der Waals surface area contributed by atoms with Gasteiger partial charge in [0.2, 0.25) is 0 Å². The SMILES string of the molecule is CC1=C(C)[Se]C(=C2[Se]C(C)=C(C)[Se]2)S1. The Hall–Kier alpha value is 1.13. The summed E-state index contributed by atoms with van der Waals surface area (Å²) < 4.78 is 8.63. The van der Waals surface area contributed by atoms with Crippen molar-refractivity contribution in [1.29, 1.82) is 0 Å². The number of hydrogen-bond donors (Lipinski definition) is 0. The van der Waals surface area contributed by atoms with E-state index in [1.54, 1.807) is 22.1 Å². The van der Waals surface area contributed by atoms with E-state index in [-0.39, 0.29) is 0 Å². The van der Waals surface area contributed by atoms with Crippen LogP contribution in [0.4, 0.5) is 0 Å². The Morgan fingerprint density at radius 2 is 1.36 bits per heavy atom. The van der Waals surface area contributed by atoms with Crippen LogP contribution in [0.2, 0.25) is 0 Å². The van der Waals surface area contributed by atoms with Crippen molar-refractivity contribution in [1.82, 2.24) is 0 Å². The van der Waals surface area contributed by atoms with Gasteiger partial charge in [-0.1, -0.05) is 0 Å². The molecule has 0 aromatic heterocycles. The molecule has 2 rings (SSSR count). The van der Waals surface area contributed by atoms with Gasteiger partial charge in [-0.25, -0.2) is 0 Å². The predicted molar refractivity (Wildman–Crippen MR) is 68.6 cm³/mol. The fourth-order valence-electron chi connectivity index (χ4n) is 1.05. The number of thioether (sulfide) groups is 1. The summed E-state index contributed by atoms with van der Waals surface area (Å²) in [4.78, 5) is 1.57. The Bertz CT molecular complexity index is 309. The van der Waals surface area contributed by atoms with Crippen LogP contribution in [0.5, 0.6) is 0 Å². The van der Waals surface area contributed by atoms with E-state index >= 15 is 0 Å². The Kier molecular flexibility index (Phi) is 3.77. The van der Waals surface area contributed by atoms with Crippen molar-refractivity contribution >= 4 is 56.6 Å². The quantitative estimate of drug-likeness (QED) is 0.563. The molecule has 0 saturated carbocycles. The van der Waals surface area contributed by atoms with Gasteiger partial charge in [-0.15, -0.1) is 0 Å². The first-order valence-corrected chi connectivity index (χ1v) is 10.3. The van der Waals surface area contributed by atoms with E-state index in [9.17, 15) is 0 Å². The first-order valence-electron chi connectivity index (χ1n) is 4.38. The molecule has 0 radical (unpaired) electrons. The van der Waals surface area contributed by atoms with Crippen molar-refractivity contribution in [2.75, 3.05) is 0 Å². The van der Waals surface area contributed by atoms with Gasteiger partial charge in [0.05, 0.1) is 0 Å². The second kappa shape index (κ2) is 4.55. The Morgan fingerprint density at radius 1 is 0.786 bits per heavy atom.